The van der Waals surface area contributed by atoms with Crippen molar-refractivity contribution in [2.75, 3.05) is 11.9 Å². The third-order valence-corrected chi connectivity index (χ3v) is 3.60. The van der Waals surface area contributed by atoms with Gasteiger partial charge in [0, 0.05) is 28.3 Å². The Labute approximate surface area is 120 Å². The lowest BCUT2D eigenvalue weighted by atomic mass is 10.2. The van der Waals surface area contributed by atoms with Gasteiger partial charge in [-0.05, 0) is 48.0 Å². The van der Waals surface area contributed by atoms with Crippen LogP contribution in [0.15, 0.2) is 28.7 Å². The van der Waals surface area contributed by atoms with Crippen molar-refractivity contribution in [3.05, 3.63) is 39.5 Å². The highest BCUT2D eigenvalue weighted by Crippen LogP contribution is 2.27. The zero-order chi connectivity index (χ0) is 13.1. The van der Waals surface area contributed by atoms with Crippen LogP contribution in [-0.4, -0.2) is 16.5 Å². The normalized spacial score (nSPS) is 10.4. The first-order chi connectivity index (χ1) is 8.60. The molecule has 0 aliphatic carbocycles. The molecule has 1 aromatic carbocycles. The molecule has 0 fully saturated rings. The first kappa shape index (κ1) is 13.3. The molecule has 0 unspecified atom stereocenters. The van der Waals surface area contributed by atoms with E-state index in [2.05, 4.69) is 31.2 Å². The number of halogens is 2. The fourth-order valence-electron chi connectivity index (χ4n) is 1.60. The van der Waals surface area contributed by atoms with Crippen molar-refractivity contribution >= 4 is 33.3 Å². The Bertz CT molecular complexity index is 572. The summed E-state index contributed by atoms with van der Waals surface area (Å²) in [6.07, 6.45) is 0. The average Bonchev–Trinajstić information content (AvgIpc) is 2.32. The minimum Gasteiger partial charge on any atom is -0.370 e. The molecular weight excluding hydrogens is 314 g/mol. The molecule has 0 aliphatic rings. The number of nitrogens with one attached hydrogen (secondary N) is 1. The summed E-state index contributed by atoms with van der Waals surface area (Å²) in [6.45, 7) is 4.83. The van der Waals surface area contributed by atoms with Crippen molar-refractivity contribution in [1.29, 1.82) is 0 Å². The summed E-state index contributed by atoms with van der Waals surface area (Å²) in [6, 6.07) is 7.60. The third-order valence-electron chi connectivity index (χ3n) is 2.39. The zero-order valence-electron chi connectivity index (χ0n) is 10.2. The van der Waals surface area contributed by atoms with Crippen molar-refractivity contribution in [1.82, 2.24) is 9.97 Å². The van der Waals surface area contributed by atoms with Crippen molar-refractivity contribution in [3.8, 4) is 11.4 Å². The molecule has 2 rings (SSSR count). The Morgan fingerprint density at radius 3 is 2.72 bits per heavy atom. The fraction of sp³-hybridized carbons (Fsp3) is 0.231. The van der Waals surface area contributed by atoms with Gasteiger partial charge in [0.15, 0.2) is 5.82 Å². The summed E-state index contributed by atoms with van der Waals surface area (Å²) in [5.41, 5.74) is 1.87. The van der Waals surface area contributed by atoms with E-state index in [0.29, 0.717) is 10.8 Å². The molecule has 5 heteroatoms. The van der Waals surface area contributed by atoms with Crippen LogP contribution < -0.4 is 5.32 Å². The molecule has 1 heterocycles. The Balaban J connectivity index is 2.46. The first-order valence-corrected chi connectivity index (χ1v) is 6.82. The van der Waals surface area contributed by atoms with Crippen LogP contribution in [0.25, 0.3) is 11.4 Å². The highest BCUT2D eigenvalue weighted by molar-refractivity contribution is 9.10. The van der Waals surface area contributed by atoms with E-state index in [0.717, 1.165) is 28.1 Å². The number of anilines is 1. The van der Waals surface area contributed by atoms with Gasteiger partial charge in [-0.15, -0.1) is 0 Å². The van der Waals surface area contributed by atoms with Gasteiger partial charge in [-0.1, -0.05) is 11.6 Å². The monoisotopic (exact) mass is 325 g/mol. The Hall–Kier alpha value is -1.13. The molecule has 0 atom stereocenters. The number of nitrogens with zero attached hydrogens (tertiary/aromatic N) is 2. The van der Waals surface area contributed by atoms with Crippen LogP contribution in [0.3, 0.4) is 0 Å². The summed E-state index contributed by atoms with van der Waals surface area (Å²) in [7, 11) is 0. The molecule has 0 bridgehead atoms. The maximum Gasteiger partial charge on any atom is 0.161 e. The predicted molar refractivity (Wildman–Crippen MR) is 79.1 cm³/mol. The summed E-state index contributed by atoms with van der Waals surface area (Å²) >= 11 is 9.39. The highest BCUT2D eigenvalue weighted by Gasteiger charge is 2.06. The van der Waals surface area contributed by atoms with E-state index in [-0.39, 0.29) is 0 Å². The maximum absolute atomic E-state index is 5.98. The molecule has 3 nitrogen and oxygen atoms in total. The second-order valence-electron chi connectivity index (χ2n) is 3.88. The molecule has 0 saturated heterocycles. The van der Waals surface area contributed by atoms with Crippen LogP contribution in [0.4, 0.5) is 5.82 Å². The van der Waals surface area contributed by atoms with Crippen molar-refractivity contribution in [2.24, 2.45) is 0 Å². The van der Waals surface area contributed by atoms with Gasteiger partial charge in [0.25, 0.3) is 0 Å². The molecule has 1 aromatic heterocycles. The molecule has 0 amide bonds. The van der Waals surface area contributed by atoms with Crippen LogP contribution in [0.1, 0.15) is 12.6 Å². The molecule has 0 spiro atoms. The first-order valence-electron chi connectivity index (χ1n) is 5.65. The lowest BCUT2D eigenvalue weighted by Crippen LogP contribution is -2.02. The van der Waals surface area contributed by atoms with E-state index in [1.165, 1.54) is 0 Å². The van der Waals surface area contributed by atoms with Crippen molar-refractivity contribution in [2.45, 2.75) is 13.8 Å². The third kappa shape index (κ3) is 3.00. The fourth-order valence-corrected chi connectivity index (χ4v) is 2.10. The van der Waals surface area contributed by atoms with Crippen LogP contribution in [0.2, 0.25) is 5.02 Å². The summed E-state index contributed by atoms with van der Waals surface area (Å²) in [5, 5.41) is 3.87. The molecule has 94 valence electrons. The Morgan fingerprint density at radius 1 is 1.28 bits per heavy atom. The molecular formula is C13H13BrClN3. The van der Waals surface area contributed by atoms with Gasteiger partial charge < -0.3 is 5.32 Å². The zero-order valence-corrected chi connectivity index (χ0v) is 12.5. The molecule has 18 heavy (non-hydrogen) atoms. The Kier molecular flexibility index (Phi) is 4.19. The topological polar surface area (TPSA) is 37.8 Å². The van der Waals surface area contributed by atoms with Gasteiger partial charge in [-0.25, -0.2) is 9.97 Å². The van der Waals surface area contributed by atoms with E-state index >= 15 is 0 Å². The van der Waals surface area contributed by atoms with Gasteiger partial charge in [0.05, 0.1) is 5.02 Å². The lowest BCUT2D eigenvalue weighted by molar-refractivity contribution is 1.08. The van der Waals surface area contributed by atoms with Crippen LogP contribution in [-0.2, 0) is 0 Å². The van der Waals surface area contributed by atoms with E-state index < -0.39 is 0 Å². The number of aryl methyl sites for hydroxylation is 1. The second-order valence-corrected chi connectivity index (χ2v) is 5.14. The van der Waals surface area contributed by atoms with Crippen molar-refractivity contribution in [3.63, 3.8) is 0 Å². The summed E-state index contributed by atoms with van der Waals surface area (Å²) < 4.78 is 0.844. The van der Waals surface area contributed by atoms with E-state index in [9.17, 15) is 0 Å². The molecule has 0 saturated carbocycles. The highest BCUT2D eigenvalue weighted by atomic mass is 79.9. The van der Waals surface area contributed by atoms with Crippen LogP contribution in [0, 0.1) is 6.92 Å². The van der Waals surface area contributed by atoms with Gasteiger partial charge in [0.1, 0.15) is 5.82 Å². The SMILES string of the molecule is CCNc1cc(C)nc(-c2ccc(Cl)c(Br)c2)n1. The number of rotatable bonds is 3. The largest absolute Gasteiger partial charge is 0.370 e. The molecule has 2 aromatic rings. The smallest absolute Gasteiger partial charge is 0.161 e. The van der Waals surface area contributed by atoms with Crippen molar-refractivity contribution < 1.29 is 0 Å². The number of hydrogen-bond donors (Lipinski definition) is 1. The van der Waals surface area contributed by atoms with Gasteiger partial charge in [-0.3, -0.25) is 0 Å². The Morgan fingerprint density at radius 2 is 2.06 bits per heavy atom. The van der Waals surface area contributed by atoms with E-state index in [4.69, 9.17) is 11.6 Å². The number of benzene rings is 1. The number of aromatic nitrogens is 2. The van der Waals surface area contributed by atoms with Crippen LogP contribution in [0.5, 0.6) is 0 Å². The second kappa shape index (κ2) is 5.67. The lowest BCUT2D eigenvalue weighted by Gasteiger charge is -2.07. The van der Waals surface area contributed by atoms with Gasteiger partial charge in [0.2, 0.25) is 0 Å². The minimum atomic E-state index is 0.679. The van der Waals surface area contributed by atoms with Gasteiger partial charge in [-0.2, -0.15) is 0 Å². The maximum atomic E-state index is 5.98. The number of hydrogen-bond acceptors (Lipinski definition) is 3. The average molecular weight is 327 g/mol. The minimum absolute atomic E-state index is 0.679. The van der Waals surface area contributed by atoms with E-state index in [1.807, 2.05) is 38.1 Å². The van der Waals surface area contributed by atoms with Crippen LogP contribution >= 0.6 is 27.5 Å². The standard InChI is InChI=1S/C13H13BrClN3/c1-3-16-12-6-8(2)17-13(18-12)9-4-5-11(15)10(14)7-9/h4-7H,3H2,1-2H3,(H,16,17,18). The quantitative estimate of drug-likeness (QED) is 0.914. The summed E-state index contributed by atoms with van der Waals surface area (Å²) in [4.78, 5) is 8.92. The predicted octanol–water partition coefficient (Wildman–Crippen LogP) is 4.30. The molecule has 0 radical (unpaired) electrons. The van der Waals surface area contributed by atoms with E-state index in [1.54, 1.807) is 0 Å². The van der Waals surface area contributed by atoms with Gasteiger partial charge >= 0.3 is 0 Å². The summed E-state index contributed by atoms with van der Waals surface area (Å²) in [5.74, 6) is 1.54. The molecule has 0 aliphatic heterocycles. The molecule has 1 N–H and O–H groups in total.